The standard InChI is InChI=1S/C11H13Cl2NO3/c1-14(11(16)17-5-4-15)7-8-2-3-9(12)6-10(8)13/h2-3,6,15H,4-5,7H2,1H3. The molecule has 4 nitrogen and oxygen atoms in total. The molecule has 94 valence electrons. The molecule has 0 unspecified atom stereocenters. The number of aliphatic hydroxyl groups is 1. The SMILES string of the molecule is CN(Cc1ccc(Cl)cc1Cl)C(=O)OCCO. The molecular weight excluding hydrogens is 265 g/mol. The molecule has 6 heteroatoms. The molecule has 0 heterocycles. The number of halogens is 2. The van der Waals surface area contributed by atoms with Crippen molar-refractivity contribution in [1.29, 1.82) is 0 Å². The highest BCUT2D eigenvalue weighted by Gasteiger charge is 2.12. The fourth-order valence-corrected chi connectivity index (χ4v) is 1.68. The molecule has 0 saturated heterocycles. The van der Waals surface area contributed by atoms with Gasteiger partial charge in [0.1, 0.15) is 6.61 Å². The predicted molar refractivity (Wildman–Crippen MR) is 66.4 cm³/mol. The summed E-state index contributed by atoms with van der Waals surface area (Å²) in [5.41, 5.74) is 0.777. The molecule has 17 heavy (non-hydrogen) atoms. The zero-order valence-electron chi connectivity index (χ0n) is 9.32. The third-order valence-electron chi connectivity index (χ3n) is 2.05. The fraction of sp³-hybridized carbons (Fsp3) is 0.364. The lowest BCUT2D eigenvalue weighted by atomic mass is 10.2. The third-order valence-corrected chi connectivity index (χ3v) is 2.64. The molecule has 1 aromatic carbocycles. The van der Waals surface area contributed by atoms with E-state index in [4.69, 9.17) is 33.0 Å². The summed E-state index contributed by atoms with van der Waals surface area (Å²) in [7, 11) is 1.59. The monoisotopic (exact) mass is 277 g/mol. The highest BCUT2D eigenvalue weighted by Crippen LogP contribution is 2.22. The topological polar surface area (TPSA) is 49.8 Å². The summed E-state index contributed by atoms with van der Waals surface area (Å²) < 4.78 is 4.76. The molecule has 1 N–H and O–H groups in total. The first kappa shape index (κ1) is 14.1. The zero-order valence-corrected chi connectivity index (χ0v) is 10.8. The van der Waals surface area contributed by atoms with Crippen LogP contribution >= 0.6 is 23.2 Å². The Morgan fingerprint density at radius 3 is 2.76 bits per heavy atom. The van der Waals surface area contributed by atoms with E-state index in [1.807, 2.05) is 0 Å². The summed E-state index contributed by atoms with van der Waals surface area (Å²) in [5.74, 6) is 0. The molecule has 0 aliphatic rings. The number of rotatable bonds is 4. The van der Waals surface area contributed by atoms with Gasteiger partial charge in [0.2, 0.25) is 0 Å². The van der Waals surface area contributed by atoms with E-state index in [9.17, 15) is 4.79 Å². The van der Waals surface area contributed by atoms with E-state index in [1.54, 1.807) is 25.2 Å². The first-order valence-corrected chi connectivity index (χ1v) is 5.73. The summed E-state index contributed by atoms with van der Waals surface area (Å²) in [6, 6.07) is 5.07. The van der Waals surface area contributed by atoms with Gasteiger partial charge >= 0.3 is 6.09 Å². The van der Waals surface area contributed by atoms with E-state index < -0.39 is 6.09 Å². The van der Waals surface area contributed by atoms with E-state index in [0.29, 0.717) is 16.6 Å². The van der Waals surface area contributed by atoms with Crippen molar-refractivity contribution in [3.63, 3.8) is 0 Å². The number of aliphatic hydroxyl groups excluding tert-OH is 1. The molecule has 1 aromatic rings. The summed E-state index contributed by atoms with van der Waals surface area (Å²) in [4.78, 5) is 12.8. The minimum Gasteiger partial charge on any atom is -0.447 e. The van der Waals surface area contributed by atoms with E-state index >= 15 is 0 Å². The summed E-state index contributed by atoms with van der Waals surface area (Å²) in [6.07, 6.45) is -0.509. The molecule has 1 rings (SSSR count). The van der Waals surface area contributed by atoms with Gasteiger partial charge in [-0.2, -0.15) is 0 Å². The number of hydrogen-bond acceptors (Lipinski definition) is 3. The van der Waals surface area contributed by atoms with Crippen LogP contribution in [0, 0.1) is 0 Å². The maximum absolute atomic E-state index is 11.4. The van der Waals surface area contributed by atoms with Gasteiger partial charge in [0.15, 0.2) is 0 Å². The van der Waals surface area contributed by atoms with Crippen LogP contribution in [0.3, 0.4) is 0 Å². The van der Waals surface area contributed by atoms with Gasteiger partial charge in [0.25, 0.3) is 0 Å². The number of amides is 1. The van der Waals surface area contributed by atoms with Crippen molar-refractivity contribution in [3.8, 4) is 0 Å². The molecular formula is C11H13Cl2NO3. The van der Waals surface area contributed by atoms with E-state index in [-0.39, 0.29) is 13.2 Å². The lowest BCUT2D eigenvalue weighted by Gasteiger charge is -2.17. The van der Waals surface area contributed by atoms with E-state index in [1.165, 1.54) is 4.90 Å². The minimum atomic E-state index is -0.509. The molecule has 0 aliphatic carbocycles. The molecule has 0 spiro atoms. The number of hydrogen-bond donors (Lipinski definition) is 1. The van der Waals surface area contributed by atoms with Crippen molar-refractivity contribution in [1.82, 2.24) is 4.90 Å². The lowest BCUT2D eigenvalue weighted by Crippen LogP contribution is -2.27. The Hall–Kier alpha value is -0.970. The Kier molecular flexibility index (Phi) is 5.55. The third kappa shape index (κ3) is 4.42. The van der Waals surface area contributed by atoms with Crippen molar-refractivity contribution in [3.05, 3.63) is 33.8 Å². The van der Waals surface area contributed by atoms with E-state index in [0.717, 1.165) is 5.56 Å². The molecule has 0 bridgehead atoms. The molecule has 0 aromatic heterocycles. The minimum absolute atomic E-state index is 0.0163. The Morgan fingerprint density at radius 1 is 1.47 bits per heavy atom. The number of carbonyl (C=O) groups excluding carboxylic acids is 1. The van der Waals surface area contributed by atoms with Gasteiger partial charge in [-0.1, -0.05) is 29.3 Å². The van der Waals surface area contributed by atoms with Gasteiger partial charge in [-0.3, -0.25) is 0 Å². The zero-order chi connectivity index (χ0) is 12.8. The molecule has 1 amide bonds. The van der Waals surface area contributed by atoms with Gasteiger partial charge in [-0.25, -0.2) is 4.79 Å². The normalized spacial score (nSPS) is 10.1. The average Bonchev–Trinajstić information content (AvgIpc) is 2.29. The first-order valence-electron chi connectivity index (χ1n) is 4.97. The lowest BCUT2D eigenvalue weighted by molar-refractivity contribution is 0.0894. The maximum atomic E-state index is 11.4. The van der Waals surface area contributed by atoms with Crippen LogP contribution in [0.15, 0.2) is 18.2 Å². The second-order valence-corrected chi connectivity index (χ2v) is 4.27. The van der Waals surface area contributed by atoms with Crippen LogP contribution in [0.5, 0.6) is 0 Å². The highest BCUT2D eigenvalue weighted by molar-refractivity contribution is 6.35. The van der Waals surface area contributed by atoms with Gasteiger partial charge in [-0.05, 0) is 17.7 Å². The van der Waals surface area contributed by atoms with Crippen molar-refractivity contribution in [2.75, 3.05) is 20.3 Å². The van der Waals surface area contributed by atoms with Crippen LogP contribution in [-0.4, -0.2) is 36.4 Å². The Bertz CT molecular complexity index is 398. The second kappa shape index (κ2) is 6.69. The summed E-state index contributed by atoms with van der Waals surface area (Å²) in [6.45, 7) is 0.110. The fourth-order valence-electron chi connectivity index (χ4n) is 1.21. The van der Waals surface area contributed by atoms with Gasteiger partial charge in [0, 0.05) is 17.1 Å². The highest BCUT2D eigenvalue weighted by atomic mass is 35.5. The Balaban J connectivity index is 2.61. The molecule has 0 aliphatic heterocycles. The number of carbonyl (C=O) groups is 1. The largest absolute Gasteiger partial charge is 0.447 e. The van der Waals surface area contributed by atoms with Crippen LogP contribution in [0.1, 0.15) is 5.56 Å². The predicted octanol–water partition coefficient (Wildman–Crippen LogP) is 2.55. The second-order valence-electron chi connectivity index (χ2n) is 3.43. The van der Waals surface area contributed by atoms with Crippen molar-refractivity contribution in [2.24, 2.45) is 0 Å². The quantitative estimate of drug-likeness (QED) is 0.920. The van der Waals surface area contributed by atoms with Crippen LogP contribution in [-0.2, 0) is 11.3 Å². The van der Waals surface area contributed by atoms with Crippen molar-refractivity contribution in [2.45, 2.75) is 6.54 Å². The number of nitrogens with zero attached hydrogens (tertiary/aromatic N) is 1. The Labute approximate surface area is 110 Å². The Morgan fingerprint density at radius 2 is 2.18 bits per heavy atom. The smallest absolute Gasteiger partial charge is 0.409 e. The van der Waals surface area contributed by atoms with Crippen LogP contribution in [0.4, 0.5) is 4.79 Å². The summed E-state index contributed by atoms with van der Waals surface area (Å²) in [5, 5.41) is 9.57. The van der Waals surface area contributed by atoms with Crippen LogP contribution in [0.2, 0.25) is 10.0 Å². The maximum Gasteiger partial charge on any atom is 0.409 e. The summed E-state index contributed by atoms with van der Waals surface area (Å²) >= 11 is 11.7. The molecule has 0 saturated carbocycles. The van der Waals surface area contributed by atoms with Gasteiger partial charge in [-0.15, -0.1) is 0 Å². The molecule has 0 radical (unpaired) electrons. The van der Waals surface area contributed by atoms with Crippen LogP contribution < -0.4 is 0 Å². The average molecular weight is 278 g/mol. The first-order chi connectivity index (χ1) is 8.04. The van der Waals surface area contributed by atoms with Gasteiger partial charge in [0.05, 0.1) is 13.2 Å². The molecule has 0 atom stereocenters. The van der Waals surface area contributed by atoms with E-state index in [2.05, 4.69) is 0 Å². The number of benzene rings is 1. The van der Waals surface area contributed by atoms with Crippen molar-refractivity contribution < 1.29 is 14.6 Å². The van der Waals surface area contributed by atoms with Crippen molar-refractivity contribution >= 4 is 29.3 Å². The van der Waals surface area contributed by atoms with Crippen LogP contribution in [0.25, 0.3) is 0 Å². The number of ether oxygens (including phenoxy) is 1. The van der Waals surface area contributed by atoms with Gasteiger partial charge < -0.3 is 14.7 Å². The molecule has 0 fully saturated rings.